The Labute approximate surface area is 197 Å². The van der Waals surface area contributed by atoms with Gasteiger partial charge in [0.2, 0.25) is 0 Å². The number of nitrogens with one attached hydrogen (secondary N) is 1. The summed E-state index contributed by atoms with van der Waals surface area (Å²) in [4.78, 5) is 20.0. The van der Waals surface area contributed by atoms with Crippen molar-refractivity contribution in [1.29, 1.82) is 0 Å². The average molecular weight is 452 g/mol. The van der Waals surface area contributed by atoms with Gasteiger partial charge in [-0.3, -0.25) is 4.79 Å². The molecule has 4 rings (SSSR count). The van der Waals surface area contributed by atoms with Gasteiger partial charge in [0, 0.05) is 11.6 Å². The molecular formula is C27H37N3O3. The normalized spacial score (nSPS) is 25.8. The highest BCUT2D eigenvalue weighted by atomic mass is 16.7. The Bertz CT molecular complexity index is 873. The van der Waals surface area contributed by atoms with Crippen LogP contribution in [0.3, 0.4) is 0 Å². The number of amides is 1. The minimum atomic E-state index is -0.0379. The van der Waals surface area contributed by atoms with Crippen LogP contribution >= 0.6 is 0 Å². The third-order valence-corrected chi connectivity index (χ3v) is 7.35. The second-order valence-electron chi connectivity index (χ2n) is 9.57. The Morgan fingerprint density at radius 3 is 2.58 bits per heavy atom. The summed E-state index contributed by atoms with van der Waals surface area (Å²) in [5.74, 6) is 2.60. The molecule has 2 saturated carbocycles. The summed E-state index contributed by atoms with van der Waals surface area (Å²) in [6.07, 6.45) is 14.6. The van der Waals surface area contributed by atoms with Gasteiger partial charge in [0.15, 0.2) is 0 Å². The Hall–Kier alpha value is -2.76. The van der Waals surface area contributed by atoms with Gasteiger partial charge in [0.05, 0.1) is 18.5 Å². The maximum absolute atomic E-state index is 12.8. The molecule has 0 aliphatic heterocycles. The fourth-order valence-electron chi connectivity index (χ4n) is 5.22. The molecule has 0 radical (unpaired) electrons. The largest absolute Gasteiger partial charge is 0.490 e. The van der Waals surface area contributed by atoms with Crippen molar-refractivity contribution in [1.82, 2.24) is 15.3 Å². The maximum atomic E-state index is 12.8. The van der Waals surface area contributed by atoms with Crippen molar-refractivity contribution in [3.63, 3.8) is 0 Å². The van der Waals surface area contributed by atoms with Crippen molar-refractivity contribution in [3.05, 3.63) is 60.9 Å². The van der Waals surface area contributed by atoms with Gasteiger partial charge in [-0.15, -0.1) is 16.5 Å². The van der Waals surface area contributed by atoms with E-state index in [0.29, 0.717) is 24.0 Å². The van der Waals surface area contributed by atoms with Crippen molar-refractivity contribution in [2.45, 2.75) is 70.4 Å². The summed E-state index contributed by atoms with van der Waals surface area (Å²) < 4.78 is 6.19. The molecule has 3 atom stereocenters. The number of benzene rings is 1. The minimum Gasteiger partial charge on any atom is -0.490 e. The molecule has 6 heteroatoms. The number of carbonyl (C=O) groups is 1. The van der Waals surface area contributed by atoms with Crippen LogP contribution < -0.4 is 14.9 Å². The van der Waals surface area contributed by atoms with Crippen LogP contribution in [-0.2, 0) is 0 Å². The lowest BCUT2D eigenvalue weighted by atomic mass is 9.88. The zero-order valence-corrected chi connectivity index (χ0v) is 19.7. The summed E-state index contributed by atoms with van der Waals surface area (Å²) in [7, 11) is 0. The number of rotatable bonds is 10. The summed E-state index contributed by atoms with van der Waals surface area (Å²) in [5, 5.41) is 7.26. The van der Waals surface area contributed by atoms with E-state index in [-0.39, 0.29) is 18.1 Å². The van der Waals surface area contributed by atoms with Gasteiger partial charge >= 0.3 is 0 Å². The Morgan fingerprint density at radius 2 is 1.94 bits per heavy atom. The van der Waals surface area contributed by atoms with E-state index in [0.717, 1.165) is 37.4 Å². The van der Waals surface area contributed by atoms with Gasteiger partial charge in [0.1, 0.15) is 12.4 Å². The van der Waals surface area contributed by atoms with E-state index in [1.165, 1.54) is 30.5 Å². The number of hydrogen-bond acceptors (Lipinski definition) is 4. The highest BCUT2D eigenvalue weighted by molar-refractivity contribution is 5.94. The van der Waals surface area contributed by atoms with Crippen LogP contribution in [-0.4, -0.2) is 34.6 Å². The standard InChI is InChI=1S/C27H37N3O3/c1-3-20-6-9-23(18-20)26(4-2)29-27(31)22-10-14-25(15-11-22)33-24-12-7-21(8-13-24)19-32-30-17-5-16-28-30/h4-5,10-11,14-17,20-21,23-24,26H,2-3,6-9,12-13,18-19H2,1H3,(H,29,31). The predicted octanol–water partition coefficient (Wildman–Crippen LogP) is 5.06. The highest BCUT2D eigenvalue weighted by Gasteiger charge is 2.29. The molecule has 0 saturated heterocycles. The molecule has 2 aliphatic rings. The summed E-state index contributed by atoms with van der Waals surface area (Å²) in [6.45, 7) is 6.90. The predicted molar refractivity (Wildman–Crippen MR) is 129 cm³/mol. The van der Waals surface area contributed by atoms with Crippen LogP contribution in [0, 0.1) is 17.8 Å². The summed E-state index contributed by atoms with van der Waals surface area (Å²) in [6, 6.07) is 9.43. The number of aromatic nitrogens is 2. The van der Waals surface area contributed by atoms with E-state index in [2.05, 4.69) is 23.9 Å². The van der Waals surface area contributed by atoms with Gasteiger partial charge in [-0.2, -0.15) is 0 Å². The van der Waals surface area contributed by atoms with E-state index in [1.54, 1.807) is 6.20 Å². The molecule has 2 aliphatic carbocycles. The van der Waals surface area contributed by atoms with Crippen LogP contribution in [0.5, 0.6) is 5.75 Å². The SMILES string of the molecule is C=CC(NC(=O)c1ccc(OC2CCC(COn3cccn3)CC2)cc1)C1CCC(CC)C1. The fraction of sp³-hybridized carbons (Fsp3) is 0.556. The molecule has 1 heterocycles. The third-order valence-electron chi connectivity index (χ3n) is 7.35. The molecule has 6 nitrogen and oxygen atoms in total. The van der Waals surface area contributed by atoms with Crippen molar-refractivity contribution in [3.8, 4) is 5.75 Å². The Kier molecular flexibility index (Phi) is 8.08. The number of hydrogen-bond donors (Lipinski definition) is 1. The van der Waals surface area contributed by atoms with Crippen molar-refractivity contribution < 1.29 is 14.4 Å². The monoisotopic (exact) mass is 451 g/mol. The zero-order chi connectivity index (χ0) is 23.0. The Balaban J connectivity index is 1.21. The molecule has 0 spiro atoms. The van der Waals surface area contributed by atoms with E-state index >= 15 is 0 Å². The van der Waals surface area contributed by atoms with Gasteiger partial charge in [-0.25, -0.2) is 0 Å². The van der Waals surface area contributed by atoms with Crippen LogP contribution in [0.25, 0.3) is 0 Å². The first-order valence-corrected chi connectivity index (χ1v) is 12.5. The van der Waals surface area contributed by atoms with Gasteiger partial charge in [0.25, 0.3) is 5.91 Å². The Morgan fingerprint density at radius 1 is 1.18 bits per heavy atom. The first kappa shape index (κ1) is 23.4. The van der Waals surface area contributed by atoms with Crippen LogP contribution in [0.1, 0.15) is 68.6 Å². The maximum Gasteiger partial charge on any atom is 0.251 e. The van der Waals surface area contributed by atoms with Gasteiger partial charge in [-0.05, 0) is 86.6 Å². The van der Waals surface area contributed by atoms with Gasteiger partial charge < -0.3 is 14.9 Å². The topological polar surface area (TPSA) is 65.4 Å². The van der Waals surface area contributed by atoms with Crippen LogP contribution in [0.2, 0.25) is 0 Å². The van der Waals surface area contributed by atoms with E-state index in [4.69, 9.17) is 9.57 Å². The van der Waals surface area contributed by atoms with Crippen molar-refractivity contribution in [2.75, 3.05) is 6.61 Å². The summed E-state index contributed by atoms with van der Waals surface area (Å²) >= 11 is 0. The molecular weight excluding hydrogens is 414 g/mol. The second kappa shape index (κ2) is 11.4. The lowest BCUT2D eigenvalue weighted by Gasteiger charge is -2.28. The van der Waals surface area contributed by atoms with E-state index in [1.807, 2.05) is 42.6 Å². The van der Waals surface area contributed by atoms with E-state index in [9.17, 15) is 4.79 Å². The molecule has 178 valence electrons. The molecule has 1 amide bonds. The van der Waals surface area contributed by atoms with Crippen LogP contribution in [0.4, 0.5) is 0 Å². The summed E-state index contributed by atoms with van der Waals surface area (Å²) in [5.41, 5.74) is 0.665. The van der Waals surface area contributed by atoms with Crippen molar-refractivity contribution in [2.24, 2.45) is 17.8 Å². The fourth-order valence-corrected chi connectivity index (χ4v) is 5.22. The second-order valence-corrected chi connectivity index (χ2v) is 9.57. The molecule has 1 N–H and O–H groups in total. The molecule has 0 bridgehead atoms. The molecule has 1 aromatic heterocycles. The first-order valence-electron chi connectivity index (χ1n) is 12.5. The average Bonchev–Trinajstić information content (AvgIpc) is 3.55. The lowest BCUT2D eigenvalue weighted by Crippen LogP contribution is -2.38. The molecule has 2 aromatic rings. The number of nitrogens with zero attached hydrogens (tertiary/aromatic N) is 2. The van der Waals surface area contributed by atoms with E-state index < -0.39 is 0 Å². The quantitative estimate of drug-likeness (QED) is 0.513. The highest BCUT2D eigenvalue weighted by Crippen LogP contribution is 2.35. The minimum absolute atomic E-state index is 0.0379. The lowest BCUT2D eigenvalue weighted by molar-refractivity contribution is 0.0318. The molecule has 1 aromatic carbocycles. The van der Waals surface area contributed by atoms with Crippen LogP contribution in [0.15, 0.2) is 55.4 Å². The molecule has 3 unspecified atom stereocenters. The number of ether oxygens (including phenoxy) is 1. The smallest absolute Gasteiger partial charge is 0.251 e. The number of carbonyl (C=O) groups excluding carboxylic acids is 1. The molecule has 2 fully saturated rings. The molecule has 33 heavy (non-hydrogen) atoms. The van der Waals surface area contributed by atoms with Gasteiger partial charge in [-0.1, -0.05) is 25.8 Å². The zero-order valence-electron chi connectivity index (χ0n) is 19.7. The first-order chi connectivity index (χ1) is 16.1. The van der Waals surface area contributed by atoms with Crippen molar-refractivity contribution >= 4 is 5.91 Å². The third kappa shape index (κ3) is 6.40.